The zero-order valence-corrected chi connectivity index (χ0v) is 15.9. The van der Waals surface area contributed by atoms with Crippen molar-refractivity contribution < 1.29 is 14.3 Å². The number of benzene rings is 2. The van der Waals surface area contributed by atoms with Crippen LogP contribution in [-0.2, 0) is 20.9 Å². The van der Waals surface area contributed by atoms with E-state index in [0.717, 1.165) is 60.9 Å². The summed E-state index contributed by atoms with van der Waals surface area (Å²) in [5, 5.41) is 7.55. The van der Waals surface area contributed by atoms with Crippen molar-refractivity contribution in [3.63, 3.8) is 0 Å². The Morgan fingerprint density at radius 1 is 1.11 bits per heavy atom. The lowest BCUT2D eigenvalue weighted by Gasteiger charge is -2.38. The van der Waals surface area contributed by atoms with Gasteiger partial charge >= 0.3 is 0 Å². The number of fused-ring (bicyclic) bond motifs is 2. The number of hydrogen-bond acceptors (Lipinski definition) is 5. The van der Waals surface area contributed by atoms with Gasteiger partial charge in [-0.05, 0) is 25.1 Å². The lowest BCUT2D eigenvalue weighted by atomic mass is 10.00. The largest absolute Gasteiger partial charge is 0.487 e. The van der Waals surface area contributed by atoms with Gasteiger partial charge in [0.25, 0.3) is 5.91 Å². The number of hydrogen-bond donors (Lipinski definition) is 1. The topological polar surface area (TPSA) is 54.0 Å². The van der Waals surface area contributed by atoms with E-state index >= 15 is 0 Å². The number of ether oxygens (including phenoxy) is 2. The Bertz CT molecular complexity index is 963. The minimum Gasteiger partial charge on any atom is -0.487 e. The molecule has 6 heteroatoms. The molecule has 2 aromatic carbocycles. The molecule has 1 saturated heterocycles. The number of amides is 1. The molecule has 5 rings (SSSR count). The van der Waals surface area contributed by atoms with Gasteiger partial charge in [-0.1, -0.05) is 24.3 Å². The summed E-state index contributed by atoms with van der Waals surface area (Å²) in [7, 11) is 0. The van der Waals surface area contributed by atoms with Crippen LogP contribution in [0.1, 0.15) is 23.6 Å². The lowest BCUT2D eigenvalue weighted by molar-refractivity contribution is -0.110. The second kappa shape index (κ2) is 6.96. The van der Waals surface area contributed by atoms with Gasteiger partial charge in [-0.15, -0.1) is 0 Å². The summed E-state index contributed by atoms with van der Waals surface area (Å²) in [6, 6.07) is 14.2. The van der Waals surface area contributed by atoms with Crippen molar-refractivity contribution in [1.82, 2.24) is 5.01 Å². The van der Waals surface area contributed by atoms with Crippen LogP contribution in [-0.4, -0.2) is 43.8 Å². The van der Waals surface area contributed by atoms with E-state index in [4.69, 9.17) is 9.47 Å². The van der Waals surface area contributed by atoms with Gasteiger partial charge in [0.15, 0.2) is 0 Å². The third kappa shape index (κ3) is 2.77. The molecule has 3 aliphatic rings. The molecule has 0 radical (unpaired) electrons. The fraction of sp³-hybridized carbons (Fsp3) is 0.318. The Morgan fingerprint density at radius 3 is 2.75 bits per heavy atom. The first-order valence-electron chi connectivity index (χ1n) is 9.77. The number of nitrogens with one attached hydrogen (secondary N) is 1. The summed E-state index contributed by atoms with van der Waals surface area (Å²) in [4.78, 5) is 12.7. The molecule has 28 heavy (non-hydrogen) atoms. The number of hydrazine groups is 1. The second-order valence-corrected chi connectivity index (χ2v) is 7.12. The Labute approximate surface area is 164 Å². The van der Waals surface area contributed by atoms with Crippen LogP contribution in [0.5, 0.6) is 0 Å². The number of carbonyl (C=O) groups excluding carboxylic acids is 1. The molecule has 0 saturated carbocycles. The van der Waals surface area contributed by atoms with Gasteiger partial charge in [-0.2, -0.15) is 0 Å². The highest BCUT2D eigenvalue weighted by molar-refractivity contribution is 6.36. The average molecular weight is 377 g/mol. The standard InChI is InChI=1S/C22H23N3O3/c1-2-25(24-9-11-27-12-10-24)16-8-7-15-14-28-21(18(15)13-16)20-17-5-3-4-6-19(17)23-22(20)26/h3-8,13H,2,9-12,14H2,1H3,(H,23,26). The molecule has 1 N–H and O–H groups in total. The SMILES string of the molecule is CCN(c1ccc2c(c1)C(=C1C(=O)Nc3ccccc31)OC2)N1CCOCC1. The molecule has 0 atom stereocenters. The van der Waals surface area contributed by atoms with Gasteiger partial charge in [0.05, 0.1) is 24.5 Å². The molecule has 3 heterocycles. The fourth-order valence-corrected chi connectivity index (χ4v) is 4.18. The molecule has 2 aromatic rings. The van der Waals surface area contributed by atoms with Crippen LogP contribution >= 0.6 is 0 Å². The first kappa shape index (κ1) is 17.3. The smallest absolute Gasteiger partial charge is 0.260 e. The van der Waals surface area contributed by atoms with Gasteiger partial charge in [0, 0.05) is 42.0 Å². The number of para-hydroxylation sites is 1. The number of rotatable bonds is 3. The normalized spacial score (nSPS) is 21.1. The van der Waals surface area contributed by atoms with Crippen LogP contribution in [0, 0.1) is 0 Å². The maximum Gasteiger partial charge on any atom is 0.260 e. The molecule has 1 fully saturated rings. The van der Waals surface area contributed by atoms with Crippen molar-refractivity contribution in [3.8, 4) is 0 Å². The second-order valence-electron chi connectivity index (χ2n) is 7.12. The van der Waals surface area contributed by atoms with Gasteiger partial charge in [0.1, 0.15) is 12.4 Å². The molecule has 6 nitrogen and oxygen atoms in total. The van der Waals surface area contributed by atoms with E-state index in [1.807, 2.05) is 24.3 Å². The maximum absolute atomic E-state index is 12.7. The predicted molar refractivity (Wildman–Crippen MR) is 109 cm³/mol. The zero-order chi connectivity index (χ0) is 19.1. The summed E-state index contributed by atoms with van der Waals surface area (Å²) in [6.45, 7) is 6.77. The van der Waals surface area contributed by atoms with E-state index in [1.165, 1.54) is 0 Å². The molecule has 0 spiro atoms. The van der Waals surface area contributed by atoms with Gasteiger partial charge < -0.3 is 19.8 Å². The van der Waals surface area contributed by atoms with E-state index in [1.54, 1.807) is 0 Å². The van der Waals surface area contributed by atoms with Crippen LogP contribution < -0.4 is 10.3 Å². The highest BCUT2D eigenvalue weighted by Crippen LogP contribution is 2.42. The molecule has 0 bridgehead atoms. The Kier molecular flexibility index (Phi) is 4.30. The molecule has 0 aromatic heterocycles. The summed E-state index contributed by atoms with van der Waals surface area (Å²) < 4.78 is 11.5. The van der Waals surface area contributed by atoms with Crippen molar-refractivity contribution in [3.05, 3.63) is 59.2 Å². The quantitative estimate of drug-likeness (QED) is 0.833. The van der Waals surface area contributed by atoms with Crippen LogP contribution in [0.2, 0.25) is 0 Å². The summed E-state index contributed by atoms with van der Waals surface area (Å²) in [5.41, 5.74) is 5.60. The molecular formula is C22H23N3O3. The van der Waals surface area contributed by atoms with Crippen molar-refractivity contribution in [1.29, 1.82) is 0 Å². The number of nitrogens with zero attached hydrogens (tertiary/aromatic N) is 2. The minimum absolute atomic E-state index is 0.102. The van der Waals surface area contributed by atoms with Crippen molar-refractivity contribution >= 4 is 28.6 Å². The number of morpholine rings is 1. The lowest BCUT2D eigenvalue weighted by Crippen LogP contribution is -2.49. The molecular weight excluding hydrogens is 354 g/mol. The zero-order valence-electron chi connectivity index (χ0n) is 15.9. The molecule has 1 amide bonds. The Balaban J connectivity index is 1.57. The monoisotopic (exact) mass is 377 g/mol. The van der Waals surface area contributed by atoms with Gasteiger partial charge in [-0.25, -0.2) is 5.01 Å². The van der Waals surface area contributed by atoms with E-state index < -0.39 is 0 Å². The highest BCUT2D eigenvalue weighted by Gasteiger charge is 2.32. The van der Waals surface area contributed by atoms with Crippen LogP contribution in [0.3, 0.4) is 0 Å². The minimum atomic E-state index is -0.102. The third-order valence-corrected chi connectivity index (χ3v) is 5.54. The first-order chi connectivity index (χ1) is 13.8. The summed E-state index contributed by atoms with van der Waals surface area (Å²) >= 11 is 0. The van der Waals surface area contributed by atoms with Crippen molar-refractivity contribution in [2.45, 2.75) is 13.5 Å². The van der Waals surface area contributed by atoms with E-state index in [2.05, 4.69) is 40.5 Å². The Hall–Kier alpha value is -2.83. The first-order valence-corrected chi connectivity index (χ1v) is 9.77. The fourth-order valence-electron chi connectivity index (χ4n) is 4.18. The molecule has 0 aliphatic carbocycles. The van der Waals surface area contributed by atoms with E-state index in [9.17, 15) is 4.79 Å². The maximum atomic E-state index is 12.7. The van der Waals surface area contributed by atoms with Crippen LogP contribution in [0.4, 0.5) is 11.4 Å². The van der Waals surface area contributed by atoms with Gasteiger partial charge in [-0.3, -0.25) is 4.79 Å². The predicted octanol–water partition coefficient (Wildman–Crippen LogP) is 3.11. The Morgan fingerprint density at radius 2 is 1.93 bits per heavy atom. The van der Waals surface area contributed by atoms with E-state index in [0.29, 0.717) is 17.9 Å². The molecule has 0 unspecified atom stereocenters. The van der Waals surface area contributed by atoms with Gasteiger partial charge in [0.2, 0.25) is 0 Å². The average Bonchev–Trinajstić information content (AvgIpc) is 3.28. The molecule has 144 valence electrons. The highest BCUT2D eigenvalue weighted by atomic mass is 16.5. The van der Waals surface area contributed by atoms with Crippen LogP contribution in [0.15, 0.2) is 42.5 Å². The number of anilines is 2. The molecule has 3 aliphatic heterocycles. The summed E-state index contributed by atoms with van der Waals surface area (Å²) in [5.74, 6) is 0.576. The summed E-state index contributed by atoms with van der Waals surface area (Å²) in [6.07, 6.45) is 0. The third-order valence-electron chi connectivity index (χ3n) is 5.54. The van der Waals surface area contributed by atoms with Crippen molar-refractivity contribution in [2.24, 2.45) is 0 Å². The van der Waals surface area contributed by atoms with Crippen molar-refractivity contribution in [2.75, 3.05) is 43.2 Å². The number of carbonyl (C=O) groups is 1. The van der Waals surface area contributed by atoms with E-state index in [-0.39, 0.29) is 5.91 Å². The van der Waals surface area contributed by atoms with Crippen LogP contribution in [0.25, 0.3) is 11.3 Å².